The molecule has 0 bridgehead atoms. The van der Waals surface area contributed by atoms with E-state index < -0.39 is 11.5 Å². The van der Waals surface area contributed by atoms with Crippen LogP contribution in [0.25, 0.3) is 0 Å². The number of nitrogens with one attached hydrogen (secondary N) is 1. The Bertz CT molecular complexity index is 229. The summed E-state index contributed by atoms with van der Waals surface area (Å²) in [7, 11) is 1.32. The van der Waals surface area contributed by atoms with E-state index in [0.29, 0.717) is 0 Å². The molecule has 0 radical (unpaired) electrons. The van der Waals surface area contributed by atoms with E-state index in [1.54, 1.807) is 20.8 Å². The molecule has 0 aliphatic heterocycles. The number of carbonyl (C=O) groups excluding carboxylic acids is 2. The second kappa shape index (κ2) is 6.63. The smallest absolute Gasteiger partial charge is 0.313 e. The normalized spacial score (nSPS) is 12.3. The summed E-state index contributed by atoms with van der Waals surface area (Å²) >= 11 is 0. The van der Waals surface area contributed by atoms with Gasteiger partial charge in [-0.05, 0) is 20.8 Å². The molecule has 6 heteroatoms. The molecule has 0 aromatic carbocycles. The lowest BCUT2D eigenvalue weighted by Gasteiger charge is -2.22. The molecule has 1 atom stereocenters. The van der Waals surface area contributed by atoms with Gasteiger partial charge in [0.2, 0.25) is 5.91 Å². The number of hydrogen-bond donors (Lipinski definition) is 2. The Morgan fingerprint density at radius 3 is 2.27 bits per heavy atom. The SMILES string of the molecule is COC(=O)C(C)(C)CNC(=O)[C@H](C)N.Cl. The minimum absolute atomic E-state index is 0. The molecule has 1 amide bonds. The molecule has 0 aromatic heterocycles. The van der Waals surface area contributed by atoms with Crippen LogP contribution >= 0.6 is 12.4 Å². The van der Waals surface area contributed by atoms with Crippen molar-refractivity contribution in [2.45, 2.75) is 26.8 Å². The topological polar surface area (TPSA) is 81.4 Å². The number of halogens is 1. The van der Waals surface area contributed by atoms with Crippen LogP contribution in [0.2, 0.25) is 0 Å². The van der Waals surface area contributed by atoms with Crippen LogP contribution in [-0.2, 0) is 14.3 Å². The Morgan fingerprint density at radius 1 is 1.47 bits per heavy atom. The predicted octanol–water partition coefficient (Wildman–Crippen LogP) is 0.0708. The second-order valence-corrected chi connectivity index (χ2v) is 3.88. The highest BCUT2D eigenvalue weighted by atomic mass is 35.5. The van der Waals surface area contributed by atoms with E-state index in [9.17, 15) is 9.59 Å². The third kappa shape index (κ3) is 5.59. The van der Waals surface area contributed by atoms with Crippen LogP contribution in [0.1, 0.15) is 20.8 Å². The maximum absolute atomic E-state index is 11.2. The highest BCUT2D eigenvalue weighted by Gasteiger charge is 2.29. The summed E-state index contributed by atoms with van der Waals surface area (Å²) in [5.74, 6) is -0.635. The summed E-state index contributed by atoms with van der Waals surface area (Å²) in [4.78, 5) is 22.3. The molecule has 0 unspecified atom stereocenters. The van der Waals surface area contributed by atoms with Crippen molar-refractivity contribution in [1.29, 1.82) is 0 Å². The Labute approximate surface area is 96.1 Å². The van der Waals surface area contributed by atoms with Crippen LogP contribution in [-0.4, -0.2) is 31.6 Å². The van der Waals surface area contributed by atoms with E-state index in [1.165, 1.54) is 7.11 Å². The van der Waals surface area contributed by atoms with E-state index in [4.69, 9.17) is 5.73 Å². The highest BCUT2D eigenvalue weighted by Crippen LogP contribution is 2.15. The molecule has 3 N–H and O–H groups in total. The third-order valence-corrected chi connectivity index (χ3v) is 1.86. The van der Waals surface area contributed by atoms with Crippen molar-refractivity contribution >= 4 is 24.3 Å². The van der Waals surface area contributed by atoms with Crippen molar-refractivity contribution in [2.75, 3.05) is 13.7 Å². The average Bonchev–Trinajstić information content (AvgIpc) is 2.12. The Hall–Kier alpha value is -0.810. The van der Waals surface area contributed by atoms with Crippen LogP contribution in [0, 0.1) is 5.41 Å². The van der Waals surface area contributed by atoms with Crippen LogP contribution in [0.5, 0.6) is 0 Å². The first kappa shape index (κ1) is 16.6. The fraction of sp³-hybridized carbons (Fsp3) is 0.778. The second-order valence-electron chi connectivity index (χ2n) is 3.88. The fourth-order valence-electron chi connectivity index (χ4n) is 0.818. The van der Waals surface area contributed by atoms with Gasteiger partial charge in [0.25, 0.3) is 0 Å². The van der Waals surface area contributed by atoms with Crippen LogP contribution in [0.15, 0.2) is 0 Å². The summed E-state index contributed by atoms with van der Waals surface area (Å²) in [5, 5.41) is 2.57. The average molecular weight is 239 g/mol. The summed E-state index contributed by atoms with van der Waals surface area (Å²) in [5.41, 5.74) is 4.62. The molecule has 15 heavy (non-hydrogen) atoms. The van der Waals surface area contributed by atoms with Gasteiger partial charge in [0.05, 0.1) is 18.6 Å². The van der Waals surface area contributed by atoms with E-state index >= 15 is 0 Å². The van der Waals surface area contributed by atoms with E-state index in [2.05, 4.69) is 10.1 Å². The van der Waals surface area contributed by atoms with Gasteiger partial charge >= 0.3 is 5.97 Å². The minimum Gasteiger partial charge on any atom is -0.469 e. The van der Waals surface area contributed by atoms with E-state index in [0.717, 1.165) is 0 Å². The molecule has 0 aromatic rings. The molecule has 5 nitrogen and oxygen atoms in total. The quantitative estimate of drug-likeness (QED) is 0.680. The molecule has 0 heterocycles. The van der Waals surface area contributed by atoms with Crippen molar-refractivity contribution in [3.05, 3.63) is 0 Å². The maximum atomic E-state index is 11.2. The zero-order valence-electron chi connectivity index (χ0n) is 9.49. The molecule has 0 fully saturated rings. The first-order valence-electron chi connectivity index (χ1n) is 4.43. The Morgan fingerprint density at radius 2 is 1.93 bits per heavy atom. The highest BCUT2D eigenvalue weighted by molar-refractivity contribution is 5.85. The minimum atomic E-state index is -0.723. The number of amides is 1. The molecule has 0 saturated carbocycles. The Balaban J connectivity index is 0. The number of rotatable bonds is 4. The largest absolute Gasteiger partial charge is 0.469 e. The molecule has 0 aliphatic carbocycles. The van der Waals surface area contributed by atoms with Gasteiger partial charge in [-0.15, -0.1) is 12.4 Å². The molecule has 0 rings (SSSR count). The third-order valence-electron chi connectivity index (χ3n) is 1.86. The number of carbonyl (C=O) groups is 2. The zero-order valence-corrected chi connectivity index (χ0v) is 10.3. The summed E-state index contributed by atoms with van der Waals surface area (Å²) in [6.07, 6.45) is 0. The number of hydrogen-bond acceptors (Lipinski definition) is 4. The van der Waals surface area contributed by atoms with Gasteiger partial charge in [-0.3, -0.25) is 9.59 Å². The number of nitrogens with two attached hydrogens (primary N) is 1. The van der Waals surface area contributed by atoms with E-state index in [1.807, 2.05) is 0 Å². The monoisotopic (exact) mass is 238 g/mol. The molecule has 0 aliphatic rings. The first-order valence-corrected chi connectivity index (χ1v) is 4.43. The van der Waals surface area contributed by atoms with E-state index in [-0.39, 0.29) is 30.8 Å². The zero-order chi connectivity index (χ0) is 11.4. The van der Waals surface area contributed by atoms with Gasteiger partial charge in [0, 0.05) is 6.54 Å². The summed E-state index contributed by atoms with van der Waals surface area (Å²) in [6.45, 7) is 5.20. The molecular formula is C9H19ClN2O3. The van der Waals surface area contributed by atoms with Crippen molar-refractivity contribution < 1.29 is 14.3 Å². The van der Waals surface area contributed by atoms with Crippen molar-refractivity contribution in [1.82, 2.24) is 5.32 Å². The molecular weight excluding hydrogens is 220 g/mol. The van der Waals surface area contributed by atoms with Gasteiger partial charge < -0.3 is 15.8 Å². The standard InChI is InChI=1S/C9H18N2O3.ClH/c1-6(10)7(12)11-5-9(2,3)8(13)14-4;/h6H,5,10H2,1-4H3,(H,11,12);1H/t6-;/m0./s1. The van der Waals surface area contributed by atoms with Crippen molar-refractivity contribution in [2.24, 2.45) is 11.1 Å². The van der Waals surface area contributed by atoms with Gasteiger partial charge in [-0.2, -0.15) is 0 Å². The molecule has 0 spiro atoms. The Kier molecular flexibility index (Phi) is 7.35. The van der Waals surface area contributed by atoms with Crippen LogP contribution in [0.3, 0.4) is 0 Å². The summed E-state index contributed by atoms with van der Waals surface area (Å²) < 4.78 is 4.59. The number of esters is 1. The van der Waals surface area contributed by atoms with Gasteiger partial charge in [-0.25, -0.2) is 0 Å². The van der Waals surface area contributed by atoms with Crippen molar-refractivity contribution in [3.8, 4) is 0 Å². The van der Waals surface area contributed by atoms with Gasteiger partial charge in [0.15, 0.2) is 0 Å². The molecule has 90 valence electrons. The van der Waals surface area contributed by atoms with Crippen LogP contribution < -0.4 is 11.1 Å². The van der Waals surface area contributed by atoms with Crippen LogP contribution in [0.4, 0.5) is 0 Å². The number of ether oxygens (including phenoxy) is 1. The predicted molar refractivity (Wildman–Crippen MR) is 59.7 cm³/mol. The lowest BCUT2D eigenvalue weighted by molar-refractivity contribution is -0.150. The van der Waals surface area contributed by atoms with Gasteiger partial charge in [-0.1, -0.05) is 0 Å². The lowest BCUT2D eigenvalue weighted by Crippen LogP contribution is -2.45. The molecule has 0 saturated heterocycles. The van der Waals surface area contributed by atoms with Gasteiger partial charge in [0.1, 0.15) is 0 Å². The lowest BCUT2D eigenvalue weighted by atomic mass is 9.93. The first-order chi connectivity index (χ1) is 6.31. The number of methoxy groups -OCH3 is 1. The summed E-state index contributed by atoms with van der Waals surface area (Å²) in [6, 6.07) is -0.566. The van der Waals surface area contributed by atoms with Crippen molar-refractivity contribution in [3.63, 3.8) is 0 Å². The fourth-order valence-corrected chi connectivity index (χ4v) is 0.818. The maximum Gasteiger partial charge on any atom is 0.313 e.